The molecule has 4 aliphatic heterocycles. The second-order valence-electron chi connectivity index (χ2n) is 23.8. The van der Waals surface area contributed by atoms with E-state index in [1.54, 1.807) is 93.7 Å². The van der Waals surface area contributed by atoms with E-state index in [-0.39, 0.29) is 30.7 Å². The number of esters is 1. The van der Waals surface area contributed by atoms with Crippen molar-refractivity contribution in [3.05, 3.63) is 119 Å². The number of fused-ring (bicyclic) bond motifs is 2. The number of nitro groups is 1. The number of benzene rings is 1. The number of amides is 2. The summed E-state index contributed by atoms with van der Waals surface area (Å²) < 4.78 is 40.1. The molecule has 1 aromatic rings. The summed E-state index contributed by atoms with van der Waals surface area (Å²) in [6.45, 7) is 6.15. The number of hydrogen-bond acceptors (Lipinski definition) is 26. The van der Waals surface area contributed by atoms with E-state index in [2.05, 4.69) is 10.6 Å². The fourth-order valence-corrected chi connectivity index (χ4v) is 11.0. The lowest BCUT2D eigenvalue weighted by Gasteiger charge is -2.45. The number of rotatable bonds is 11. The average molecular weight is 1320 g/mol. The Kier molecular flexibility index (Phi) is 30.8. The summed E-state index contributed by atoms with van der Waals surface area (Å²) in [4.78, 5) is 62.3. The van der Waals surface area contributed by atoms with Gasteiger partial charge in [-0.3, -0.25) is 24.5 Å². The standard InChI is InChI=1S/C63H91N3O27/c1-33-18-16-14-12-10-8-6-7-9-11-13-15-17-19-42(28-48-51(59(81)82)46(74)30-63(84,93-48)29-41(71)26-45(73)44(72)22-21-39(69)25-40(70)27-50(75)88-35(3)34(2)54(33)76)90-61-58(80)52(55(77)36(4)89-61)65-62(83)87-32-38-20-23-47(43(24-38)66(85)86)91-60-53(64-37(5)68)57(79)56(78)49(31-67)92-60/h6-20,23-24,33-36,39-42,44-46,48-49,51-58,60-61,67,69-74,76-80,84H,21-22,25-32H2,1-5H3,(H,64,68)(H,65,83)(H,81,82)/b7-6+,10-8+,11-9+,14-12+,15-13+,18-16+,19-17+/t33-,34-,35-,36+,39+,40+,41-,42-,44+,45+,46-,48-,49?,51+,52-,53?,54+,55+,56+,57+,58-,60+,61-,63+/m0/s1. The second-order valence-corrected chi connectivity index (χ2v) is 23.8. The number of alkyl carbamates (subject to hydrolysis) is 1. The van der Waals surface area contributed by atoms with Crippen LogP contribution in [0.1, 0.15) is 91.5 Å². The van der Waals surface area contributed by atoms with Gasteiger partial charge in [-0.2, -0.15) is 0 Å². The lowest BCUT2D eigenvalue weighted by Crippen LogP contribution is -2.65. The number of aliphatic hydroxyl groups is 13. The maximum absolute atomic E-state index is 13.4. The molecule has 0 aromatic heterocycles. The van der Waals surface area contributed by atoms with Crippen molar-refractivity contribution in [3.63, 3.8) is 0 Å². The van der Waals surface area contributed by atoms with E-state index in [4.69, 9.17) is 33.2 Å². The first kappa shape index (κ1) is 77.3. The molecule has 0 radical (unpaired) electrons. The summed E-state index contributed by atoms with van der Waals surface area (Å²) in [5.41, 5.74) is -0.698. The third-order valence-electron chi connectivity index (χ3n) is 16.3. The fraction of sp³-hybridized carbons (Fsp3) is 0.619. The van der Waals surface area contributed by atoms with Crippen molar-refractivity contribution < 1.29 is 129 Å². The highest BCUT2D eigenvalue weighted by molar-refractivity contribution is 5.73. The first-order chi connectivity index (χ1) is 43.9. The van der Waals surface area contributed by atoms with E-state index < -0.39 is 226 Å². The Bertz CT molecular complexity index is 2800. The first-order valence-electron chi connectivity index (χ1n) is 30.6. The number of nitro benzene ring substituents is 1. The minimum Gasteiger partial charge on any atom is -0.481 e. The monoisotopic (exact) mass is 1320 g/mol. The normalized spacial score (nSPS) is 40.1. The number of carboxylic acids is 1. The van der Waals surface area contributed by atoms with Crippen molar-refractivity contribution in [2.24, 2.45) is 17.8 Å². The molecular weight excluding hydrogens is 1230 g/mol. The summed E-state index contributed by atoms with van der Waals surface area (Å²) in [6, 6.07) is 0.231. The van der Waals surface area contributed by atoms with Gasteiger partial charge in [-0.25, -0.2) is 4.79 Å². The van der Waals surface area contributed by atoms with Crippen LogP contribution in [0.25, 0.3) is 0 Å². The molecule has 0 saturated carbocycles. The number of nitrogens with one attached hydrogen (secondary N) is 2. The quantitative estimate of drug-likeness (QED) is 0.0782. The van der Waals surface area contributed by atoms with Crippen LogP contribution in [0.5, 0.6) is 5.75 Å². The first-order valence-corrected chi connectivity index (χ1v) is 30.6. The van der Waals surface area contributed by atoms with Gasteiger partial charge in [0.1, 0.15) is 55.2 Å². The van der Waals surface area contributed by atoms with E-state index in [1.165, 1.54) is 25.1 Å². The zero-order valence-electron chi connectivity index (χ0n) is 52.2. The van der Waals surface area contributed by atoms with Gasteiger partial charge in [0.15, 0.2) is 17.8 Å². The van der Waals surface area contributed by atoms with E-state index in [9.17, 15) is 101 Å². The number of allylic oxidation sites excluding steroid dienone is 12. The third-order valence-corrected chi connectivity index (χ3v) is 16.3. The summed E-state index contributed by atoms with van der Waals surface area (Å²) in [7, 11) is 0. The molecule has 16 N–H and O–H groups in total. The van der Waals surface area contributed by atoms with Gasteiger partial charge in [0.05, 0.1) is 85.0 Å². The van der Waals surface area contributed by atoms with Gasteiger partial charge in [0.2, 0.25) is 12.2 Å². The molecule has 24 atom stereocenters. The van der Waals surface area contributed by atoms with Crippen molar-refractivity contribution in [2.75, 3.05) is 6.61 Å². The molecule has 2 bridgehead atoms. The predicted octanol–water partition coefficient (Wildman–Crippen LogP) is -0.0899. The predicted molar refractivity (Wildman–Crippen MR) is 325 cm³/mol. The summed E-state index contributed by atoms with van der Waals surface area (Å²) >= 11 is 0. The lowest BCUT2D eigenvalue weighted by atomic mass is 9.82. The van der Waals surface area contributed by atoms with E-state index in [0.717, 1.165) is 19.1 Å². The van der Waals surface area contributed by atoms with Crippen LogP contribution < -0.4 is 15.4 Å². The number of carbonyl (C=O) groups excluding carboxylic acids is 3. The number of carbonyl (C=O) groups is 4. The largest absolute Gasteiger partial charge is 0.481 e. The van der Waals surface area contributed by atoms with E-state index in [1.807, 2.05) is 0 Å². The molecule has 4 aliphatic rings. The zero-order valence-corrected chi connectivity index (χ0v) is 52.2. The molecular formula is C63H91N3O27. The highest BCUT2D eigenvalue weighted by Crippen LogP contribution is 2.39. The summed E-state index contributed by atoms with van der Waals surface area (Å²) in [5, 5.41) is 169. The molecule has 5 rings (SSSR count). The van der Waals surface area contributed by atoms with Crippen molar-refractivity contribution in [1.82, 2.24) is 10.6 Å². The van der Waals surface area contributed by atoms with E-state index >= 15 is 0 Å². The number of carboxylic acid groups (broad SMARTS) is 1. The van der Waals surface area contributed by atoms with Gasteiger partial charge in [-0.15, -0.1) is 0 Å². The van der Waals surface area contributed by atoms with Crippen molar-refractivity contribution in [2.45, 2.75) is 221 Å². The molecule has 30 nitrogen and oxygen atoms in total. The van der Waals surface area contributed by atoms with Crippen molar-refractivity contribution in [3.8, 4) is 5.75 Å². The third kappa shape index (κ3) is 23.8. The molecule has 2 amide bonds. The van der Waals surface area contributed by atoms with Gasteiger partial charge in [-0.05, 0) is 44.7 Å². The van der Waals surface area contributed by atoms with Gasteiger partial charge in [-0.1, -0.05) is 105 Å². The Morgan fingerprint density at radius 1 is 0.677 bits per heavy atom. The van der Waals surface area contributed by atoms with Crippen LogP contribution in [0.15, 0.2) is 103 Å². The Morgan fingerprint density at radius 3 is 1.90 bits per heavy atom. The summed E-state index contributed by atoms with van der Waals surface area (Å²) in [5.74, 6) is -8.55. The average Bonchev–Trinajstić information content (AvgIpc) is 0.837. The Morgan fingerprint density at radius 2 is 1.30 bits per heavy atom. The molecule has 0 aliphatic carbocycles. The van der Waals surface area contributed by atoms with Crippen LogP contribution >= 0.6 is 0 Å². The Balaban J connectivity index is 1.35. The molecule has 0 spiro atoms. The van der Waals surface area contributed by atoms with Crippen LogP contribution in [-0.2, 0) is 49.4 Å². The van der Waals surface area contributed by atoms with Crippen LogP contribution in [0.3, 0.4) is 0 Å². The number of ether oxygens (including phenoxy) is 7. The maximum Gasteiger partial charge on any atom is 0.407 e. The lowest BCUT2D eigenvalue weighted by molar-refractivity contribution is -0.386. The molecule has 30 heteroatoms. The maximum atomic E-state index is 13.4. The van der Waals surface area contributed by atoms with Crippen LogP contribution in [-0.4, -0.2) is 235 Å². The number of cyclic esters (lactones) is 1. The fourth-order valence-electron chi connectivity index (χ4n) is 11.0. The van der Waals surface area contributed by atoms with Gasteiger partial charge in [0, 0.05) is 50.5 Å². The molecule has 4 heterocycles. The Labute approximate surface area is 537 Å². The van der Waals surface area contributed by atoms with Crippen molar-refractivity contribution >= 4 is 29.6 Å². The zero-order chi connectivity index (χ0) is 68.9. The Hall–Kier alpha value is -6.40. The minimum absolute atomic E-state index is 0.00949. The molecule has 2 unspecified atom stereocenters. The number of aliphatic hydroxyl groups excluding tert-OH is 12. The van der Waals surface area contributed by atoms with Gasteiger partial charge < -0.3 is 115 Å². The minimum atomic E-state index is -2.48. The van der Waals surface area contributed by atoms with Crippen LogP contribution in [0, 0.1) is 27.9 Å². The topological polar surface area (TPSA) is 483 Å². The van der Waals surface area contributed by atoms with Crippen LogP contribution in [0.2, 0.25) is 0 Å². The number of aliphatic carboxylic acids is 1. The number of nitrogens with zero attached hydrogens (tertiary/aromatic N) is 1. The highest BCUT2D eigenvalue weighted by Gasteiger charge is 2.52. The highest BCUT2D eigenvalue weighted by atomic mass is 16.7. The van der Waals surface area contributed by atoms with E-state index in [0.29, 0.717) is 0 Å². The molecule has 1 aromatic carbocycles. The SMILES string of the molecule is CC(=O)NC1[C@H](Oc2ccc(COC(=O)N[C@@H]3[C@H](O)[C@H](O[C@H]4/C=C/C=C/C=C/C=C/C=C/C=C/C=C/[C@H](C)[C@@H](O)[C@@H](C)[C@H](C)OC(=O)C[C@H](O)C[C@H](O)CC[C@@H](O)[C@H](O)C[C@H](O)C[C@]5(O)C[C@H](O)[C@@H](C(=O)O)[C@H](C4)O5)O[C@H](C)[C@H]3O)cc2[N+](=O)[O-])OC(CO)[C@@H](O)[C@@H]1O. The molecule has 520 valence electrons. The number of hydrogen-bond donors (Lipinski definition) is 16. The summed E-state index contributed by atoms with van der Waals surface area (Å²) in [6.07, 6.45) is -8.69. The smallest absolute Gasteiger partial charge is 0.407 e. The molecule has 93 heavy (non-hydrogen) atoms. The molecule has 3 saturated heterocycles. The van der Waals surface area contributed by atoms with Gasteiger partial charge >= 0.3 is 23.7 Å². The van der Waals surface area contributed by atoms with Crippen LogP contribution in [0.4, 0.5) is 10.5 Å². The van der Waals surface area contributed by atoms with Gasteiger partial charge in [0.25, 0.3) is 0 Å². The van der Waals surface area contributed by atoms with Crippen molar-refractivity contribution in [1.29, 1.82) is 0 Å². The second kappa shape index (κ2) is 37.0. The molecule has 3 fully saturated rings.